The van der Waals surface area contributed by atoms with E-state index in [1.165, 1.54) is 4.90 Å². The maximum Gasteiger partial charge on any atom is 0.284 e. The Morgan fingerprint density at radius 1 is 1.00 bits per heavy atom. The first-order valence-electron chi connectivity index (χ1n) is 9.74. The summed E-state index contributed by atoms with van der Waals surface area (Å²) >= 11 is 0. The molecule has 0 radical (unpaired) electrons. The molecule has 7 nitrogen and oxygen atoms in total. The fourth-order valence-corrected chi connectivity index (χ4v) is 5.62. The topological polar surface area (TPSA) is 83.8 Å². The molecule has 0 spiro atoms. The Labute approximate surface area is 168 Å². The van der Waals surface area contributed by atoms with Gasteiger partial charge in [-0.25, -0.2) is 0 Å². The van der Waals surface area contributed by atoms with E-state index in [0.717, 1.165) is 11.1 Å². The molecule has 1 fully saturated rings. The highest BCUT2D eigenvalue weighted by atomic mass is 16.6. The van der Waals surface area contributed by atoms with Crippen LogP contribution in [0.5, 0.6) is 0 Å². The van der Waals surface area contributed by atoms with Gasteiger partial charge in [-0.05, 0) is 25.2 Å². The first-order chi connectivity index (χ1) is 13.9. The molecular formula is C22H21N3O4. The molecule has 2 bridgehead atoms. The summed E-state index contributed by atoms with van der Waals surface area (Å²) in [6.07, 6.45) is 0. The molecular weight excluding hydrogens is 370 g/mol. The van der Waals surface area contributed by atoms with Crippen molar-refractivity contribution in [2.45, 2.75) is 11.5 Å². The molecule has 1 heterocycles. The lowest BCUT2D eigenvalue weighted by molar-refractivity contribution is -0.578. The van der Waals surface area contributed by atoms with Gasteiger partial charge in [0.1, 0.15) is 5.92 Å². The Morgan fingerprint density at radius 3 is 2.07 bits per heavy atom. The second-order valence-electron chi connectivity index (χ2n) is 8.31. The summed E-state index contributed by atoms with van der Waals surface area (Å²) in [4.78, 5) is 42.4. The lowest BCUT2D eigenvalue weighted by Crippen LogP contribution is -2.57. The molecule has 2 atom stereocenters. The van der Waals surface area contributed by atoms with Crippen LogP contribution in [0, 0.1) is 22.0 Å². The maximum atomic E-state index is 13.5. The van der Waals surface area contributed by atoms with Crippen LogP contribution in [0.3, 0.4) is 0 Å². The number of benzene rings is 2. The Balaban J connectivity index is 1.79. The average molecular weight is 391 g/mol. The van der Waals surface area contributed by atoms with E-state index >= 15 is 0 Å². The van der Waals surface area contributed by atoms with Crippen LogP contribution in [0.15, 0.2) is 48.5 Å². The molecule has 0 saturated carbocycles. The van der Waals surface area contributed by atoms with Crippen LogP contribution < -0.4 is 0 Å². The minimum Gasteiger partial charge on any atom is -0.308 e. The normalized spacial score (nSPS) is 29.1. The molecule has 0 aromatic heterocycles. The van der Waals surface area contributed by atoms with Gasteiger partial charge in [-0.1, -0.05) is 48.5 Å². The second kappa shape index (κ2) is 5.97. The SMILES string of the molecule is CN(C)CCN1C(=O)[C@@H]2[C@@H](C1=O)C1c3ccccc3C2([N+](=O)[O-])c2ccccc21. The maximum absolute atomic E-state index is 13.5. The van der Waals surface area contributed by atoms with Gasteiger partial charge in [0.2, 0.25) is 11.8 Å². The van der Waals surface area contributed by atoms with Gasteiger partial charge in [0.05, 0.1) is 5.92 Å². The number of carbonyl (C=O) groups is 2. The van der Waals surface area contributed by atoms with Crippen molar-refractivity contribution < 1.29 is 14.5 Å². The van der Waals surface area contributed by atoms with E-state index in [1.807, 2.05) is 43.3 Å². The molecule has 0 unspecified atom stereocenters. The van der Waals surface area contributed by atoms with Gasteiger partial charge < -0.3 is 4.90 Å². The number of imide groups is 1. The Morgan fingerprint density at radius 2 is 1.55 bits per heavy atom. The molecule has 6 rings (SSSR count). The van der Waals surface area contributed by atoms with Crippen molar-refractivity contribution in [1.82, 2.24) is 9.80 Å². The summed E-state index contributed by atoms with van der Waals surface area (Å²) in [6.45, 7) is 0.762. The van der Waals surface area contributed by atoms with Crippen molar-refractivity contribution >= 4 is 11.8 Å². The van der Waals surface area contributed by atoms with Crippen LogP contribution in [-0.2, 0) is 15.1 Å². The highest BCUT2D eigenvalue weighted by molar-refractivity contribution is 6.08. The predicted molar refractivity (Wildman–Crippen MR) is 105 cm³/mol. The molecule has 3 aliphatic carbocycles. The summed E-state index contributed by atoms with van der Waals surface area (Å²) in [6, 6.07) is 14.5. The third-order valence-electron chi connectivity index (χ3n) is 6.72. The Hall–Kier alpha value is -3.06. The fraction of sp³-hybridized carbons (Fsp3) is 0.364. The van der Waals surface area contributed by atoms with Gasteiger partial charge in [0.15, 0.2) is 0 Å². The molecule has 1 saturated heterocycles. The summed E-state index contributed by atoms with van der Waals surface area (Å²) in [5.41, 5.74) is 0.947. The van der Waals surface area contributed by atoms with Crippen molar-refractivity contribution in [3.63, 3.8) is 0 Å². The van der Waals surface area contributed by atoms with Crippen LogP contribution in [-0.4, -0.2) is 53.7 Å². The highest BCUT2D eigenvalue weighted by Gasteiger charge is 2.74. The second-order valence-corrected chi connectivity index (χ2v) is 8.31. The van der Waals surface area contributed by atoms with Crippen molar-refractivity contribution in [3.8, 4) is 0 Å². The molecule has 2 aromatic rings. The molecule has 1 aliphatic heterocycles. The van der Waals surface area contributed by atoms with Crippen LogP contribution in [0.2, 0.25) is 0 Å². The third kappa shape index (κ3) is 2.05. The highest BCUT2D eigenvalue weighted by Crippen LogP contribution is 2.64. The quantitative estimate of drug-likeness (QED) is 0.451. The van der Waals surface area contributed by atoms with Crippen molar-refractivity contribution in [2.75, 3.05) is 27.2 Å². The zero-order chi connectivity index (χ0) is 20.5. The van der Waals surface area contributed by atoms with Crippen molar-refractivity contribution in [2.24, 2.45) is 11.8 Å². The van der Waals surface area contributed by atoms with Crippen LogP contribution in [0.25, 0.3) is 0 Å². The smallest absolute Gasteiger partial charge is 0.284 e. The Bertz CT molecular complexity index is 1020. The first kappa shape index (κ1) is 18.0. The molecule has 148 valence electrons. The third-order valence-corrected chi connectivity index (χ3v) is 6.72. The van der Waals surface area contributed by atoms with E-state index in [2.05, 4.69) is 0 Å². The van der Waals surface area contributed by atoms with Gasteiger partial charge in [0.25, 0.3) is 5.54 Å². The average Bonchev–Trinajstić information content (AvgIpc) is 2.97. The summed E-state index contributed by atoms with van der Waals surface area (Å²) < 4.78 is 0. The van der Waals surface area contributed by atoms with Crippen molar-refractivity contribution in [1.29, 1.82) is 0 Å². The molecule has 2 aromatic carbocycles. The number of likely N-dealkylation sites (N-methyl/N-ethyl adjacent to an activating group) is 1. The fourth-order valence-electron chi connectivity index (χ4n) is 5.62. The summed E-state index contributed by atoms with van der Waals surface area (Å²) in [7, 11) is 3.73. The zero-order valence-corrected chi connectivity index (χ0v) is 16.2. The van der Waals surface area contributed by atoms with Crippen LogP contribution in [0.1, 0.15) is 28.2 Å². The van der Waals surface area contributed by atoms with Gasteiger partial charge in [-0.3, -0.25) is 24.6 Å². The minimum absolute atomic E-state index is 0.241. The standard InChI is InChI=1S/C22H21N3O4/c1-23(2)11-12-24-20(26)18-17-13-7-3-5-9-15(13)22(25(28)29,19(18)21(24)27)16-10-6-4-8-14(16)17/h3-10,17-19H,11-12H2,1-2H3/t17?,18-,19-,22?/m0/s1. The minimum atomic E-state index is -1.73. The van der Waals surface area contributed by atoms with Crippen LogP contribution >= 0.6 is 0 Å². The summed E-state index contributed by atoms with van der Waals surface area (Å²) in [5.74, 6) is -2.80. The monoisotopic (exact) mass is 391 g/mol. The predicted octanol–water partition coefficient (Wildman–Crippen LogP) is 1.83. The van der Waals surface area contributed by atoms with E-state index in [-0.39, 0.29) is 23.3 Å². The van der Waals surface area contributed by atoms with E-state index in [4.69, 9.17) is 0 Å². The largest absolute Gasteiger partial charge is 0.308 e. The first-order valence-corrected chi connectivity index (χ1v) is 9.74. The van der Waals surface area contributed by atoms with E-state index < -0.39 is 23.3 Å². The zero-order valence-electron chi connectivity index (χ0n) is 16.2. The number of likely N-dealkylation sites (tertiary alicyclic amines) is 1. The van der Waals surface area contributed by atoms with E-state index in [9.17, 15) is 19.7 Å². The lowest BCUT2D eigenvalue weighted by Gasteiger charge is -2.48. The number of carbonyl (C=O) groups excluding carboxylic acids is 2. The Kier molecular flexibility index (Phi) is 3.70. The summed E-state index contributed by atoms with van der Waals surface area (Å²) in [5, 5.41) is 12.7. The molecule has 7 heteroatoms. The van der Waals surface area contributed by atoms with Gasteiger partial charge in [0, 0.05) is 35.1 Å². The molecule has 29 heavy (non-hydrogen) atoms. The van der Waals surface area contributed by atoms with E-state index in [1.54, 1.807) is 24.3 Å². The molecule has 2 amide bonds. The number of nitro groups is 1. The van der Waals surface area contributed by atoms with Gasteiger partial charge in [-0.2, -0.15) is 0 Å². The number of hydrogen-bond donors (Lipinski definition) is 0. The number of amides is 2. The molecule has 0 N–H and O–H groups in total. The molecule has 4 aliphatic rings. The van der Waals surface area contributed by atoms with E-state index in [0.29, 0.717) is 17.7 Å². The number of nitrogens with zero attached hydrogens (tertiary/aromatic N) is 3. The van der Waals surface area contributed by atoms with Crippen LogP contribution in [0.4, 0.5) is 0 Å². The van der Waals surface area contributed by atoms with Crippen molar-refractivity contribution in [3.05, 3.63) is 80.9 Å². The lowest BCUT2D eigenvalue weighted by atomic mass is 9.51. The number of hydrogen-bond acceptors (Lipinski definition) is 5. The van der Waals surface area contributed by atoms with Gasteiger partial charge in [-0.15, -0.1) is 0 Å². The number of rotatable bonds is 4. The van der Waals surface area contributed by atoms with Gasteiger partial charge >= 0.3 is 0 Å².